The topological polar surface area (TPSA) is 58.3 Å². The van der Waals surface area contributed by atoms with Crippen molar-refractivity contribution in [3.8, 4) is 0 Å². The Morgan fingerprint density at radius 1 is 1.28 bits per heavy atom. The molecule has 134 valence electrons. The second kappa shape index (κ2) is 8.47. The summed E-state index contributed by atoms with van der Waals surface area (Å²) in [6.45, 7) is 5.29. The minimum absolute atomic E-state index is 0.556. The average molecular weight is 405 g/mol. The number of hydrogen-bond donors (Lipinski definition) is 1. The van der Waals surface area contributed by atoms with Gasteiger partial charge in [-0.2, -0.15) is 0 Å². The van der Waals surface area contributed by atoms with E-state index < -0.39 is 0 Å². The monoisotopic (exact) mass is 404 g/mol. The van der Waals surface area contributed by atoms with Crippen molar-refractivity contribution < 1.29 is 0 Å². The number of aliphatic imine (C=N–C) groups is 1. The summed E-state index contributed by atoms with van der Waals surface area (Å²) in [5.74, 6) is 2.95. The van der Waals surface area contributed by atoms with Gasteiger partial charge in [0.1, 0.15) is 12.4 Å². The highest BCUT2D eigenvalue weighted by atomic mass is 79.9. The summed E-state index contributed by atoms with van der Waals surface area (Å²) in [7, 11) is 2.06. The van der Waals surface area contributed by atoms with Crippen LogP contribution in [-0.4, -0.2) is 39.2 Å². The van der Waals surface area contributed by atoms with E-state index in [1.165, 1.54) is 18.4 Å². The summed E-state index contributed by atoms with van der Waals surface area (Å²) in [4.78, 5) is 6.92. The van der Waals surface area contributed by atoms with E-state index in [4.69, 9.17) is 4.99 Å². The van der Waals surface area contributed by atoms with Gasteiger partial charge in [-0.15, -0.1) is 10.2 Å². The maximum atomic E-state index is 4.78. The summed E-state index contributed by atoms with van der Waals surface area (Å²) in [5.41, 5.74) is 1.25. The maximum absolute atomic E-state index is 4.78. The first-order chi connectivity index (χ1) is 12.2. The SMILES string of the molecule is CCNC(=NCc1nnc2n1CCCC2)N(C)Cc1ccc(Br)cc1. The third kappa shape index (κ3) is 4.60. The zero-order chi connectivity index (χ0) is 17.6. The van der Waals surface area contributed by atoms with Crippen molar-refractivity contribution in [3.05, 3.63) is 46.0 Å². The van der Waals surface area contributed by atoms with Gasteiger partial charge >= 0.3 is 0 Å². The fraction of sp³-hybridized carbons (Fsp3) is 0.500. The molecule has 1 aromatic carbocycles. The zero-order valence-electron chi connectivity index (χ0n) is 14.9. The van der Waals surface area contributed by atoms with E-state index >= 15 is 0 Å². The quantitative estimate of drug-likeness (QED) is 0.614. The molecule has 3 rings (SSSR count). The van der Waals surface area contributed by atoms with Crippen LogP contribution in [0.2, 0.25) is 0 Å². The van der Waals surface area contributed by atoms with Crippen LogP contribution in [0.25, 0.3) is 0 Å². The minimum Gasteiger partial charge on any atom is -0.357 e. The Morgan fingerprint density at radius 3 is 2.84 bits per heavy atom. The third-order valence-corrected chi connectivity index (χ3v) is 4.86. The zero-order valence-corrected chi connectivity index (χ0v) is 16.5. The summed E-state index contributed by atoms with van der Waals surface area (Å²) >= 11 is 3.48. The van der Waals surface area contributed by atoms with Gasteiger partial charge in [-0.3, -0.25) is 0 Å². The molecule has 0 spiro atoms. The minimum atomic E-state index is 0.556. The number of guanidine groups is 1. The molecule has 1 aliphatic heterocycles. The van der Waals surface area contributed by atoms with Crippen molar-refractivity contribution in [2.75, 3.05) is 13.6 Å². The highest BCUT2D eigenvalue weighted by molar-refractivity contribution is 9.10. The first-order valence-electron chi connectivity index (χ1n) is 8.82. The molecule has 1 aliphatic rings. The Morgan fingerprint density at radius 2 is 2.08 bits per heavy atom. The van der Waals surface area contributed by atoms with E-state index in [0.717, 1.165) is 48.1 Å². The van der Waals surface area contributed by atoms with E-state index in [1.54, 1.807) is 0 Å². The molecule has 2 heterocycles. The Hall–Kier alpha value is -1.89. The number of nitrogens with zero attached hydrogens (tertiary/aromatic N) is 5. The van der Waals surface area contributed by atoms with Gasteiger partial charge in [0.25, 0.3) is 0 Å². The van der Waals surface area contributed by atoms with E-state index in [2.05, 4.69) is 79.1 Å². The van der Waals surface area contributed by atoms with Crippen LogP contribution >= 0.6 is 15.9 Å². The molecular formula is C18H25BrN6. The van der Waals surface area contributed by atoms with Gasteiger partial charge in [0.2, 0.25) is 0 Å². The molecule has 0 fully saturated rings. The Kier molecular flexibility index (Phi) is 6.07. The lowest BCUT2D eigenvalue weighted by atomic mass is 10.2. The van der Waals surface area contributed by atoms with Crippen LogP contribution < -0.4 is 5.32 Å². The normalized spacial score (nSPS) is 14.3. The van der Waals surface area contributed by atoms with E-state index in [0.29, 0.717) is 6.54 Å². The first kappa shape index (κ1) is 17.9. The Bertz CT molecular complexity index is 722. The van der Waals surface area contributed by atoms with Gasteiger partial charge < -0.3 is 14.8 Å². The summed E-state index contributed by atoms with van der Waals surface area (Å²) < 4.78 is 3.32. The lowest BCUT2D eigenvalue weighted by Crippen LogP contribution is -2.38. The number of aryl methyl sites for hydroxylation is 1. The third-order valence-electron chi connectivity index (χ3n) is 4.34. The van der Waals surface area contributed by atoms with Crippen LogP contribution in [0.4, 0.5) is 0 Å². The maximum Gasteiger partial charge on any atom is 0.194 e. The molecular weight excluding hydrogens is 380 g/mol. The molecule has 1 N–H and O–H groups in total. The van der Waals surface area contributed by atoms with E-state index in [-0.39, 0.29) is 0 Å². The van der Waals surface area contributed by atoms with Gasteiger partial charge in [0.15, 0.2) is 11.8 Å². The smallest absolute Gasteiger partial charge is 0.194 e. The second-order valence-electron chi connectivity index (χ2n) is 6.29. The van der Waals surface area contributed by atoms with Gasteiger partial charge in [0.05, 0.1) is 0 Å². The molecule has 0 bridgehead atoms. The van der Waals surface area contributed by atoms with Gasteiger partial charge in [0, 0.05) is 37.6 Å². The second-order valence-corrected chi connectivity index (χ2v) is 7.21. The number of fused-ring (bicyclic) bond motifs is 1. The molecule has 0 amide bonds. The summed E-state index contributed by atoms with van der Waals surface area (Å²) in [6, 6.07) is 8.38. The number of halogens is 1. The van der Waals surface area contributed by atoms with Crippen LogP contribution in [-0.2, 0) is 26.1 Å². The Labute approximate surface area is 157 Å². The lowest BCUT2D eigenvalue weighted by Gasteiger charge is -2.22. The van der Waals surface area contributed by atoms with Crippen LogP contribution in [0.3, 0.4) is 0 Å². The van der Waals surface area contributed by atoms with Gasteiger partial charge in [-0.1, -0.05) is 28.1 Å². The summed E-state index contributed by atoms with van der Waals surface area (Å²) in [5, 5.41) is 12.0. The average Bonchev–Trinajstić information content (AvgIpc) is 3.04. The van der Waals surface area contributed by atoms with Crippen LogP contribution in [0.5, 0.6) is 0 Å². The van der Waals surface area contributed by atoms with Gasteiger partial charge in [-0.25, -0.2) is 4.99 Å². The molecule has 0 unspecified atom stereocenters. The largest absolute Gasteiger partial charge is 0.357 e. The molecule has 1 aromatic heterocycles. The molecule has 6 nitrogen and oxygen atoms in total. The lowest BCUT2D eigenvalue weighted by molar-refractivity contribution is 0.474. The van der Waals surface area contributed by atoms with Crippen LogP contribution in [0.1, 0.15) is 37.0 Å². The molecule has 2 aromatic rings. The molecule has 7 heteroatoms. The molecule has 0 radical (unpaired) electrons. The molecule has 0 saturated heterocycles. The van der Waals surface area contributed by atoms with Crippen molar-refractivity contribution in [1.82, 2.24) is 25.0 Å². The van der Waals surface area contributed by atoms with Crippen molar-refractivity contribution in [1.29, 1.82) is 0 Å². The predicted octanol–water partition coefficient (Wildman–Crippen LogP) is 2.97. The highest BCUT2D eigenvalue weighted by Crippen LogP contribution is 2.15. The first-order valence-corrected chi connectivity index (χ1v) is 9.61. The summed E-state index contributed by atoms with van der Waals surface area (Å²) in [6.07, 6.45) is 3.44. The van der Waals surface area contributed by atoms with Gasteiger partial charge in [-0.05, 0) is 37.5 Å². The molecule has 0 atom stereocenters. The predicted molar refractivity (Wildman–Crippen MR) is 103 cm³/mol. The molecule has 25 heavy (non-hydrogen) atoms. The highest BCUT2D eigenvalue weighted by Gasteiger charge is 2.15. The molecule has 0 aliphatic carbocycles. The van der Waals surface area contributed by atoms with Crippen molar-refractivity contribution in [2.24, 2.45) is 4.99 Å². The number of benzene rings is 1. The van der Waals surface area contributed by atoms with E-state index in [1.807, 2.05) is 0 Å². The van der Waals surface area contributed by atoms with Crippen LogP contribution in [0, 0.1) is 0 Å². The Balaban J connectivity index is 1.70. The fourth-order valence-electron chi connectivity index (χ4n) is 3.04. The molecule has 0 saturated carbocycles. The number of hydrogen-bond acceptors (Lipinski definition) is 3. The standard InChI is InChI=1S/C18H25BrN6/c1-3-20-18(24(2)13-14-7-9-15(19)10-8-14)21-12-17-23-22-16-6-4-5-11-25(16)17/h7-10H,3-6,11-13H2,1-2H3,(H,20,21). The number of rotatable bonds is 5. The van der Waals surface area contributed by atoms with Crippen molar-refractivity contribution in [2.45, 2.75) is 45.8 Å². The van der Waals surface area contributed by atoms with E-state index in [9.17, 15) is 0 Å². The fourth-order valence-corrected chi connectivity index (χ4v) is 3.30. The van der Waals surface area contributed by atoms with Crippen molar-refractivity contribution >= 4 is 21.9 Å². The van der Waals surface area contributed by atoms with Crippen LogP contribution in [0.15, 0.2) is 33.7 Å². The number of nitrogens with one attached hydrogen (secondary N) is 1. The van der Waals surface area contributed by atoms with Crippen molar-refractivity contribution in [3.63, 3.8) is 0 Å². The number of aromatic nitrogens is 3.